The molecule has 0 aromatic carbocycles. The molecule has 128 valence electrons. The molecule has 0 atom stereocenters. The van der Waals surface area contributed by atoms with E-state index in [1.807, 2.05) is 0 Å². The van der Waals surface area contributed by atoms with E-state index in [1.54, 1.807) is 0 Å². The molecule has 0 saturated heterocycles. The number of allylic oxidation sites excluding steroid dienone is 4. The first-order valence-electron chi connectivity index (χ1n) is 9.29. The summed E-state index contributed by atoms with van der Waals surface area (Å²) in [5.74, 6) is -0.691. The van der Waals surface area contributed by atoms with E-state index in [-0.39, 0.29) is 6.42 Å². The fourth-order valence-electron chi connectivity index (χ4n) is 2.41. The first-order valence-corrected chi connectivity index (χ1v) is 9.29. The minimum atomic E-state index is -0.691. The summed E-state index contributed by atoms with van der Waals surface area (Å²) in [6.45, 7) is 2.25. The smallest absolute Gasteiger partial charge is 0.303 e. The third kappa shape index (κ3) is 18.9. The van der Waals surface area contributed by atoms with Gasteiger partial charge in [0.2, 0.25) is 0 Å². The van der Waals surface area contributed by atoms with Crippen molar-refractivity contribution in [2.45, 2.75) is 96.8 Å². The molecule has 22 heavy (non-hydrogen) atoms. The Kier molecular flexibility index (Phi) is 17.1. The molecule has 0 aliphatic heterocycles. The average Bonchev–Trinajstić information content (AvgIpc) is 2.50. The number of carboxylic acid groups (broad SMARTS) is 1. The lowest BCUT2D eigenvalue weighted by Crippen LogP contribution is -1.92. The summed E-state index contributed by atoms with van der Waals surface area (Å²) in [5, 5.41) is 8.51. The van der Waals surface area contributed by atoms with Crippen LogP contribution in [0.15, 0.2) is 24.3 Å². The first kappa shape index (κ1) is 20.9. The molecule has 0 aromatic rings. The molecule has 0 unspecified atom stereocenters. The topological polar surface area (TPSA) is 37.3 Å². The Morgan fingerprint density at radius 3 is 1.55 bits per heavy atom. The van der Waals surface area contributed by atoms with Crippen molar-refractivity contribution < 1.29 is 9.90 Å². The van der Waals surface area contributed by atoms with Crippen LogP contribution in [0.2, 0.25) is 0 Å². The highest BCUT2D eigenvalue weighted by molar-refractivity contribution is 5.66. The van der Waals surface area contributed by atoms with Crippen LogP contribution < -0.4 is 0 Å². The fraction of sp³-hybridized carbons (Fsp3) is 0.750. The summed E-state index contributed by atoms with van der Waals surface area (Å²) in [7, 11) is 0. The maximum Gasteiger partial charge on any atom is 0.303 e. The van der Waals surface area contributed by atoms with Gasteiger partial charge in [-0.05, 0) is 51.4 Å². The molecule has 0 saturated carbocycles. The Balaban J connectivity index is 3.13. The number of hydrogen-bond donors (Lipinski definition) is 1. The van der Waals surface area contributed by atoms with E-state index in [0.717, 1.165) is 19.3 Å². The third-order valence-corrected chi connectivity index (χ3v) is 3.81. The molecular formula is C20H36O2. The van der Waals surface area contributed by atoms with Gasteiger partial charge in [-0.1, -0.05) is 63.3 Å². The highest BCUT2D eigenvalue weighted by Gasteiger charge is 1.93. The van der Waals surface area contributed by atoms with Crippen LogP contribution >= 0.6 is 0 Å². The summed E-state index contributed by atoms with van der Waals surface area (Å²) >= 11 is 0. The Bertz CT molecular complexity index is 292. The van der Waals surface area contributed by atoms with Crippen molar-refractivity contribution in [3.05, 3.63) is 24.3 Å². The third-order valence-electron chi connectivity index (χ3n) is 3.81. The Morgan fingerprint density at radius 2 is 1.09 bits per heavy atom. The molecule has 0 fully saturated rings. The average molecular weight is 309 g/mol. The van der Waals surface area contributed by atoms with E-state index in [1.165, 1.54) is 64.2 Å². The molecule has 2 nitrogen and oxygen atoms in total. The van der Waals surface area contributed by atoms with Crippen molar-refractivity contribution in [1.82, 2.24) is 0 Å². The molecule has 0 aromatic heterocycles. The molecule has 0 aliphatic carbocycles. The predicted molar refractivity (Wildman–Crippen MR) is 96.2 cm³/mol. The van der Waals surface area contributed by atoms with Gasteiger partial charge in [0.05, 0.1) is 0 Å². The van der Waals surface area contributed by atoms with E-state index in [4.69, 9.17) is 5.11 Å². The predicted octanol–water partition coefficient (Wildman–Crippen LogP) is 6.66. The number of carboxylic acids is 1. The molecule has 0 bridgehead atoms. The van der Waals surface area contributed by atoms with E-state index in [9.17, 15) is 4.79 Å². The molecule has 0 radical (unpaired) electrons. The second-order valence-electron chi connectivity index (χ2n) is 6.07. The van der Waals surface area contributed by atoms with Crippen LogP contribution in [-0.2, 0) is 4.79 Å². The fourth-order valence-corrected chi connectivity index (χ4v) is 2.41. The number of carbonyl (C=O) groups is 1. The summed E-state index contributed by atoms with van der Waals surface area (Å²) in [6, 6.07) is 0. The molecular weight excluding hydrogens is 272 g/mol. The maximum absolute atomic E-state index is 10.3. The van der Waals surface area contributed by atoms with Gasteiger partial charge in [-0.15, -0.1) is 0 Å². The highest BCUT2D eigenvalue weighted by atomic mass is 16.4. The zero-order valence-electron chi connectivity index (χ0n) is 14.6. The van der Waals surface area contributed by atoms with Gasteiger partial charge in [-0.25, -0.2) is 0 Å². The van der Waals surface area contributed by atoms with Gasteiger partial charge < -0.3 is 5.11 Å². The number of rotatable bonds is 16. The molecule has 0 amide bonds. The Hall–Kier alpha value is -1.05. The quantitative estimate of drug-likeness (QED) is 0.255. The van der Waals surface area contributed by atoms with Crippen molar-refractivity contribution in [3.63, 3.8) is 0 Å². The number of aliphatic carboxylic acids is 1. The largest absolute Gasteiger partial charge is 0.481 e. The van der Waals surface area contributed by atoms with Crippen LogP contribution in [0.25, 0.3) is 0 Å². The lowest BCUT2D eigenvalue weighted by molar-refractivity contribution is -0.137. The number of hydrogen-bond acceptors (Lipinski definition) is 1. The maximum atomic E-state index is 10.3. The van der Waals surface area contributed by atoms with Crippen molar-refractivity contribution in [1.29, 1.82) is 0 Å². The number of unbranched alkanes of at least 4 members (excludes halogenated alkanes) is 10. The van der Waals surface area contributed by atoms with Crippen LogP contribution in [0.4, 0.5) is 0 Å². The minimum absolute atomic E-state index is 0.289. The summed E-state index contributed by atoms with van der Waals surface area (Å²) in [5.41, 5.74) is 0. The summed E-state index contributed by atoms with van der Waals surface area (Å²) < 4.78 is 0. The Morgan fingerprint density at radius 1 is 0.682 bits per heavy atom. The van der Waals surface area contributed by atoms with Crippen molar-refractivity contribution in [3.8, 4) is 0 Å². The molecule has 0 rings (SSSR count). The zero-order chi connectivity index (χ0) is 16.3. The van der Waals surface area contributed by atoms with Gasteiger partial charge in [0.25, 0.3) is 0 Å². The molecule has 0 heterocycles. The van der Waals surface area contributed by atoms with Gasteiger partial charge in [-0.3, -0.25) is 4.79 Å². The lowest BCUT2D eigenvalue weighted by atomic mass is 10.1. The summed E-state index contributed by atoms with van der Waals surface area (Å²) in [4.78, 5) is 10.3. The SMILES string of the molecule is CCCCC/C=C/CCCCCCC/C=C/CCCC(=O)O. The van der Waals surface area contributed by atoms with E-state index in [2.05, 4.69) is 31.2 Å². The normalized spacial score (nSPS) is 11.7. The van der Waals surface area contributed by atoms with E-state index in [0.29, 0.717) is 0 Å². The van der Waals surface area contributed by atoms with E-state index >= 15 is 0 Å². The first-order chi connectivity index (χ1) is 10.8. The van der Waals surface area contributed by atoms with Crippen LogP contribution in [-0.4, -0.2) is 11.1 Å². The zero-order valence-corrected chi connectivity index (χ0v) is 14.6. The highest BCUT2D eigenvalue weighted by Crippen LogP contribution is 2.09. The molecule has 1 N–H and O–H groups in total. The van der Waals surface area contributed by atoms with Crippen molar-refractivity contribution in [2.24, 2.45) is 0 Å². The summed E-state index contributed by atoms with van der Waals surface area (Å²) in [6.07, 6.45) is 25.3. The van der Waals surface area contributed by atoms with Crippen LogP contribution in [0, 0.1) is 0 Å². The van der Waals surface area contributed by atoms with E-state index < -0.39 is 5.97 Å². The lowest BCUT2D eigenvalue weighted by Gasteiger charge is -1.98. The second kappa shape index (κ2) is 18.0. The van der Waals surface area contributed by atoms with Gasteiger partial charge >= 0.3 is 5.97 Å². The van der Waals surface area contributed by atoms with Crippen molar-refractivity contribution >= 4 is 5.97 Å². The van der Waals surface area contributed by atoms with Crippen molar-refractivity contribution in [2.75, 3.05) is 0 Å². The minimum Gasteiger partial charge on any atom is -0.481 e. The molecule has 0 aliphatic rings. The van der Waals surface area contributed by atoms with Crippen LogP contribution in [0.5, 0.6) is 0 Å². The van der Waals surface area contributed by atoms with Gasteiger partial charge in [0.1, 0.15) is 0 Å². The van der Waals surface area contributed by atoms with Gasteiger partial charge in [0.15, 0.2) is 0 Å². The molecule has 0 spiro atoms. The van der Waals surface area contributed by atoms with Gasteiger partial charge in [0, 0.05) is 6.42 Å². The van der Waals surface area contributed by atoms with Crippen LogP contribution in [0.1, 0.15) is 96.8 Å². The Labute approximate surface area is 137 Å². The van der Waals surface area contributed by atoms with Gasteiger partial charge in [-0.2, -0.15) is 0 Å². The van der Waals surface area contributed by atoms with Crippen LogP contribution in [0.3, 0.4) is 0 Å². The molecule has 2 heteroatoms. The second-order valence-corrected chi connectivity index (χ2v) is 6.07. The monoisotopic (exact) mass is 308 g/mol. The standard InChI is InChI=1S/C20H36O2/c1-2-3-4-5-6-7-8-9-10-11-12-13-14-15-16-17-18-19-20(21)22/h6-7,15-16H,2-5,8-14,17-19H2,1H3,(H,21,22)/b7-6+,16-15+.